The van der Waals surface area contributed by atoms with Crippen LogP contribution in [0.3, 0.4) is 0 Å². The van der Waals surface area contributed by atoms with Gasteiger partial charge in [-0.25, -0.2) is 13.4 Å². The number of nitrogens with one attached hydrogen (secondary N) is 1. The van der Waals surface area contributed by atoms with Gasteiger partial charge in [0.25, 0.3) is 5.91 Å². The van der Waals surface area contributed by atoms with Crippen molar-refractivity contribution in [2.24, 2.45) is 4.99 Å². The van der Waals surface area contributed by atoms with Crippen molar-refractivity contribution >= 4 is 21.8 Å². The van der Waals surface area contributed by atoms with Crippen molar-refractivity contribution in [1.29, 1.82) is 0 Å². The van der Waals surface area contributed by atoms with Crippen LogP contribution in [0.2, 0.25) is 0 Å². The summed E-state index contributed by atoms with van der Waals surface area (Å²) in [4.78, 5) is 17.0. The lowest BCUT2D eigenvalue weighted by Gasteiger charge is -2.28. The lowest BCUT2D eigenvalue weighted by atomic mass is 10.1. The Hall–Kier alpha value is -2.72. The quantitative estimate of drug-likeness (QED) is 0.773. The van der Waals surface area contributed by atoms with Crippen LogP contribution in [0.25, 0.3) is 0 Å². The summed E-state index contributed by atoms with van der Waals surface area (Å²) in [6.07, 6.45) is -4.94. The summed E-state index contributed by atoms with van der Waals surface area (Å²) < 4.78 is 69.2. The highest BCUT2D eigenvalue weighted by Gasteiger charge is 2.67. The van der Waals surface area contributed by atoms with Crippen LogP contribution in [0.5, 0.6) is 0 Å². The number of carbonyl (C=O) groups excluding carboxylic acids is 1. The first kappa shape index (κ1) is 21.0. The summed E-state index contributed by atoms with van der Waals surface area (Å²) in [6.45, 7) is 1.65. The van der Waals surface area contributed by atoms with Gasteiger partial charge < -0.3 is 0 Å². The maximum Gasteiger partial charge on any atom is 0.437 e. The zero-order valence-corrected chi connectivity index (χ0v) is 16.2. The Morgan fingerprint density at radius 1 is 1.03 bits per heavy atom. The van der Waals surface area contributed by atoms with E-state index in [2.05, 4.69) is 4.99 Å². The second-order valence-electron chi connectivity index (χ2n) is 6.38. The zero-order chi connectivity index (χ0) is 21.3. The number of aliphatic imine (C=N–C) groups is 1. The lowest BCUT2D eigenvalue weighted by Crippen LogP contribution is -2.63. The summed E-state index contributed by atoms with van der Waals surface area (Å²) in [7, 11) is -4.69. The van der Waals surface area contributed by atoms with Gasteiger partial charge in [0.2, 0.25) is 10.0 Å². The van der Waals surface area contributed by atoms with E-state index in [0.29, 0.717) is 6.42 Å². The van der Waals surface area contributed by atoms with E-state index >= 15 is 0 Å². The molecule has 1 amide bonds. The molecular formula is C19H18F3N3O3S. The highest BCUT2D eigenvalue weighted by atomic mass is 32.2. The van der Waals surface area contributed by atoms with E-state index in [-0.39, 0.29) is 17.9 Å². The molecular weight excluding hydrogens is 407 g/mol. The average molecular weight is 425 g/mol. The smallest absolute Gasteiger partial charge is 0.293 e. The molecule has 2 aromatic carbocycles. The predicted octanol–water partition coefficient (Wildman–Crippen LogP) is 2.92. The molecule has 3 rings (SSSR count). The van der Waals surface area contributed by atoms with Crippen LogP contribution < -0.4 is 4.72 Å². The molecule has 154 valence electrons. The second-order valence-corrected chi connectivity index (χ2v) is 8.07. The minimum Gasteiger partial charge on any atom is -0.293 e. The molecule has 29 heavy (non-hydrogen) atoms. The van der Waals surface area contributed by atoms with Crippen LogP contribution in [-0.4, -0.2) is 43.4 Å². The van der Waals surface area contributed by atoms with E-state index in [4.69, 9.17) is 0 Å². The summed E-state index contributed by atoms with van der Waals surface area (Å²) in [6, 6.07) is 14.4. The maximum absolute atomic E-state index is 14.1. The van der Waals surface area contributed by atoms with Crippen LogP contribution in [0.4, 0.5) is 13.2 Å². The SMILES string of the molecule is CCCN1C(=O)[C@@](NS(=O)(=O)c2ccccc2)(C(F)(F)F)N=C1c1ccccc1. The first-order valence-electron chi connectivity index (χ1n) is 8.75. The van der Waals surface area contributed by atoms with E-state index < -0.39 is 32.7 Å². The topological polar surface area (TPSA) is 78.8 Å². The highest BCUT2D eigenvalue weighted by Crippen LogP contribution is 2.39. The molecule has 0 saturated carbocycles. The number of benzene rings is 2. The molecule has 1 N–H and O–H groups in total. The number of hydrogen-bond donors (Lipinski definition) is 1. The first-order valence-corrected chi connectivity index (χ1v) is 10.2. The average Bonchev–Trinajstić information content (AvgIpc) is 2.96. The molecule has 1 aliphatic rings. The fourth-order valence-corrected chi connectivity index (χ4v) is 4.23. The van der Waals surface area contributed by atoms with Crippen LogP contribution in [0.1, 0.15) is 18.9 Å². The summed E-state index contributed by atoms with van der Waals surface area (Å²) in [5.41, 5.74) is -3.36. The largest absolute Gasteiger partial charge is 0.437 e. The van der Waals surface area contributed by atoms with Gasteiger partial charge in [0, 0.05) is 12.1 Å². The number of hydrogen-bond acceptors (Lipinski definition) is 4. The van der Waals surface area contributed by atoms with E-state index in [9.17, 15) is 26.4 Å². The normalized spacial score (nSPS) is 20.1. The highest BCUT2D eigenvalue weighted by molar-refractivity contribution is 7.89. The molecule has 1 heterocycles. The molecule has 0 radical (unpaired) electrons. The molecule has 1 aliphatic heterocycles. The molecule has 0 spiro atoms. The minimum absolute atomic E-state index is 0.0442. The van der Waals surface area contributed by atoms with Crippen molar-refractivity contribution in [3.05, 3.63) is 66.2 Å². The Kier molecular flexibility index (Phi) is 5.50. The Balaban J connectivity index is 2.17. The van der Waals surface area contributed by atoms with Crippen LogP contribution in [-0.2, 0) is 14.8 Å². The predicted molar refractivity (Wildman–Crippen MR) is 101 cm³/mol. The molecule has 0 saturated heterocycles. The van der Waals surface area contributed by atoms with Gasteiger partial charge in [-0.1, -0.05) is 55.5 Å². The van der Waals surface area contributed by atoms with Gasteiger partial charge in [-0.2, -0.15) is 17.9 Å². The monoisotopic (exact) mass is 425 g/mol. The van der Waals surface area contributed by atoms with E-state index in [1.165, 1.54) is 35.1 Å². The van der Waals surface area contributed by atoms with Crippen molar-refractivity contribution in [2.75, 3.05) is 6.54 Å². The van der Waals surface area contributed by atoms with E-state index in [1.54, 1.807) is 25.1 Å². The van der Waals surface area contributed by atoms with Gasteiger partial charge in [-0.15, -0.1) is 0 Å². The fourth-order valence-electron chi connectivity index (χ4n) is 2.96. The minimum atomic E-state index is -5.30. The molecule has 1 atom stereocenters. The summed E-state index contributed by atoms with van der Waals surface area (Å²) in [5.74, 6) is -1.71. The molecule has 2 aromatic rings. The van der Waals surface area contributed by atoms with Crippen molar-refractivity contribution in [1.82, 2.24) is 9.62 Å². The van der Waals surface area contributed by atoms with Crippen molar-refractivity contribution in [2.45, 2.75) is 30.1 Å². The van der Waals surface area contributed by atoms with Crippen molar-refractivity contribution < 1.29 is 26.4 Å². The van der Waals surface area contributed by atoms with Gasteiger partial charge in [0.05, 0.1) is 4.90 Å². The Morgan fingerprint density at radius 3 is 2.10 bits per heavy atom. The molecule has 6 nitrogen and oxygen atoms in total. The number of nitrogens with zero attached hydrogens (tertiary/aromatic N) is 2. The third-order valence-corrected chi connectivity index (χ3v) is 5.77. The number of alkyl halides is 3. The molecule has 0 bridgehead atoms. The molecule has 0 fully saturated rings. The van der Waals surface area contributed by atoms with Gasteiger partial charge in [0.1, 0.15) is 5.84 Å². The third-order valence-electron chi connectivity index (χ3n) is 4.31. The number of amides is 1. The van der Waals surface area contributed by atoms with Crippen molar-refractivity contribution in [3.63, 3.8) is 0 Å². The fraction of sp³-hybridized carbons (Fsp3) is 0.263. The molecule has 0 aromatic heterocycles. The van der Waals surface area contributed by atoms with Crippen LogP contribution in [0, 0.1) is 0 Å². The van der Waals surface area contributed by atoms with E-state index in [1.807, 2.05) is 0 Å². The zero-order valence-electron chi connectivity index (χ0n) is 15.3. The van der Waals surface area contributed by atoms with Crippen LogP contribution in [0.15, 0.2) is 70.6 Å². The molecule has 10 heteroatoms. The second kappa shape index (κ2) is 7.60. The number of rotatable bonds is 6. The van der Waals surface area contributed by atoms with Gasteiger partial charge in [-0.3, -0.25) is 9.69 Å². The number of halogens is 3. The molecule has 0 unspecified atom stereocenters. The van der Waals surface area contributed by atoms with Crippen LogP contribution >= 0.6 is 0 Å². The lowest BCUT2D eigenvalue weighted by molar-refractivity contribution is -0.194. The maximum atomic E-state index is 14.1. The summed E-state index contributed by atoms with van der Waals surface area (Å²) in [5, 5.41) is 0. The van der Waals surface area contributed by atoms with Gasteiger partial charge >= 0.3 is 11.8 Å². The first-order chi connectivity index (χ1) is 13.6. The third kappa shape index (κ3) is 3.77. The van der Waals surface area contributed by atoms with Crippen molar-refractivity contribution in [3.8, 4) is 0 Å². The Labute approximate surface area is 166 Å². The Bertz CT molecular complexity index is 1020. The number of carbonyl (C=O) groups is 1. The Morgan fingerprint density at radius 2 is 1.59 bits per heavy atom. The summed E-state index contributed by atoms with van der Waals surface area (Å²) >= 11 is 0. The molecule has 0 aliphatic carbocycles. The number of sulfonamides is 1. The standard InChI is InChI=1S/C19H18F3N3O3S/c1-2-13-25-16(14-9-5-3-6-10-14)23-18(17(25)26,19(20,21)22)24-29(27,28)15-11-7-4-8-12-15/h3-12,24H,2,13H2,1H3/t18-/m1/s1. The van der Waals surface area contributed by atoms with Gasteiger partial charge in [-0.05, 0) is 18.6 Å². The number of amidine groups is 1. The van der Waals surface area contributed by atoms with Gasteiger partial charge in [0.15, 0.2) is 0 Å². The van der Waals surface area contributed by atoms with E-state index in [0.717, 1.165) is 17.0 Å².